The molecule has 1 aromatic heterocycles. The molecule has 3 aromatic rings. The Balaban J connectivity index is 1.82. The molecule has 0 bridgehead atoms. The maximum Gasteiger partial charge on any atom is 0.274 e. The first kappa shape index (κ1) is 20.1. The highest BCUT2D eigenvalue weighted by atomic mass is 19.1. The van der Waals surface area contributed by atoms with Gasteiger partial charge in [-0.05, 0) is 48.7 Å². The molecule has 0 spiro atoms. The van der Waals surface area contributed by atoms with Crippen LogP contribution in [0.5, 0.6) is 0 Å². The van der Waals surface area contributed by atoms with Crippen molar-refractivity contribution in [2.24, 2.45) is 0 Å². The maximum absolute atomic E-state index is 13.7. The fraction of sp³-hybridized carbons (Fsp3) is 0.136. The van der Waals surface area contributed by atoms with E-state index in [0.717, 1.165) is 29.7 Å². The van der Waals surface area contributed by atoms with Crippen LogP contribution in [0.2, 0.25) is 0 Å². The van der Waals surface area contributed by atoms with Crippen LogP contribution in [0.1, 0.15) is 39.0 Å². The highest BCUT2D eigenvalue weighted by molar-refractivity contribution is 6.06. The molecule has 1 heterocycles. The Labute approximate surface area is 166 Å². The number of carbonyl (C=O) groups is 2. The summed E-state index contributed by atoms with van der Waals surface area (Å²) < 4.78 is 27.5. The lowest BCUT2D eigenvalue weighted by Gasteiger charge is -2.13. The predicted octanol–water partition coefficient (Wildman–Crippen LogP) is 4.74. The number of nitrogens with one attached hydrogen (secondary N) is 2. The smallest absolute Gasteiger partial charge is 0.274 e. The van der Waals surface area contributed by atoms with E-state index in [1.165, 1.54) is 24.3 Å². The van der Waals surface area contributed by atoms with Crippen LogP contribution in [0.25, 0.3) is 0 Å². The standard InChI is InChI=1S/C22H19F2N3O2/c1-3-14-8-4-7-13(2)19(14)26-21(28)17-11-6-12-18(25-17)22(29)27-20-15(23)9-5-10-16(20)24/h4-12H,3H2,1-2H3,(H,26,28)(H,27,29). The van der Waals surface area contributed by atoms with Gasteiger partial charge < -0.3 is 10.6 Å². The first-order valence-corrected chi connectivity index (χ1v) is 9.03. The average Bonchev–Trinajstić information content (AvgIpc) is 2.72. The summed E-state index contributed by atoms with van der Waals surface area (Å²) in [5, 5.41) is 4.98. The molecule has 0 unspecified atom stereocenters. The number of benzene rings is 2. The molecule has 148 valence electrons. The Bertz CT molecular complexity index is 1060. The van der Waals surface area contributed by atoms with Crippen molar-refractivity contribution < 1.29 is 18.4 Å². The quantitative estimate of drug-likeness (QED) is 0.656. The second-order valence-electron chi connectivity index (χ2n) is 6.38. The van der Waals surface area contributed by atoms with Gasteiger partial charge in [0.05, 0.1) is 0 Å². The molecule has 2 amide bonds. The highest BCUT2D eigenvalue weighted by Crippen LogP contribution is 2.22. The van der Waals surface area contributed by atoms with Gasteiger partial charge in [-0.15, -0.1) is 0 Å². The summed E-state index contributed by atoms with van der Waals surface area (Å²) in [4.78, 5) is 29.1. The van der Waals surface area contributed by atoms with Crippen molar-refractivity contribution in [1.29, 1.82) is 0 Å². The number of nitrogens with zero attached hydrogens (tertiary/aromatic N) is 1. The van der Waals surface area contributed by atoms with Crippen LogP contribution in [0.3, 0.4) is 0 Å². The number of para-hydroxylation sites is 2. The Hall–Kier alpha value is -3.61. The van der Waals surface area contributed by atoms with Gasteiger partial charge in [-0.25, -0.2) is 13.8 Å². The van der Waals surface area contributed by atoms with Gasteiger partial charge in [0.15, 0.2) is 0 Å². The molecule has 3 rings (SSSR count). The number of hydrogen-bond donors (Lipinski definition) is 2. The van der Waals surface area contributed by atoms with Crippen LogP contribution < -0.4 is 10.6 Å². The van der Waals surface area contributed by atoms with Gasteiger partial charge in [0, 0.05) is 5.69 Å². The van der Waals surface area contributed by atoms with Crippen molar-refractivity contribution in [3.05, 3.63) is 88.7 Å². The van der Waals surface area contributed by atoms with Crippen molar-refractivity contribution in [3.63, 3.8) is 0 Å². The van der Waals surface area contributed by atoms with Gasteiger partial charge in [0.25, 0.3) is 11.8 Å². The first-order valence-electron chi connectivity index (χ1n) is 9.03. The zero-order chi connectivity index (χ0) is 21.0. The van der Waals surface area contributed by atoms with E-state index in [-0.39, 0.29) is 11.4 Å². The van der Waals surface area contributed by atoms with Gasteiger partial charge in [-0.1, -0.05) is 37.3 Å². The van der Waals surface area contributed by atoms with Crippen molar-refractivity contribution in [2.75, 3.05) is 10.6 Å². The van der Waals surface area contributed by atoms with Crippen LogP contribution in [0, 0.1) is 18.6 Å². The third-order valence-electron chi connectivity index (χ3n) is 4.39. The van der Waals surface area contributed by atoms with E-state index in [9.17, 15) is 18.4 Å². The topological polar surface area (TPSA) is 71.1 Å². The summed E-state index contributed by atoms with van der Waals surface area (Å²) >= 11 is 0. The van der Waals surface area contributed by atoms with Crippen molar-refractivity contribution in [1.82, 2.24) is 4.98 Å². The molecule has 0 atom stereocenters. The lowest BCUT2D eigenvalue weighted by molar-refractivity contribution is 0.101. The van der Waals surface area contributed by atoms with Gasteiger partial charge in [0.2, 0.25) is 0 Å². The van der Waals surface area contributed by atoms with E-state index in [0.29, 0.717) is 5.69 Å². The summed E-state index contributed by atoms with van der Waals surface area (Å²) in [7, 11) is 0. The molecular weight excluding hydrogens is 376 g/mol. The molecular formula is C22H19F2N3O2. The fourth-order valence-corrected chi connectivity index (χ4v) is 2.86. The number of amides is 2. The lowest BCUT2D eigenvalue weighted by atomic mass is 10.1. The molecule has 0 saturated carbocycles. The molecule has 0 aliphatic heterocycles. The van der Waals surface area contributed by atoms with E-state index in [1.807, 2.05) is 32.0 Å². The number of rotatable bonds is 5. The molecule has 2 aromatic carbocycles. The molecule has 7 heteroatoms. The van der Waals surface area contributed by atoms with E-state index in [4.69, 9.17) is 0 Å². The van der Waals surface area contributed by atoms with Gasteiger partial charge >= 0.3 is 0 Å². The number of halogens is 2. The predicted molar refractivity (Wildman–Crippen MR) is 107 cm³/mol. The van der Waals surface area contributed by atoms with Crippen LogP contribution in [-0.2, 0) is 6.42 Å². The largest absolute Gasteiger partial charge is 0.320 e. The average molecular weight is 395 g/mol. The fourth-order valence-electron chi connectivity index (χ4n) is 2.86. The van der Waals surface area contributed by atoms with Crippen molar-refractivity contribution in [3.8, 4) is 0 Å². The van der Waals surface area contributed by atoms with Gasteiger partial charge in [0.1, 0.15) is 28.7 Å². The van der Waals surface area contributed by atoms with Crippen LogP contribution in [0.4, 0.5) is 20.2 Å². The SMILES string of the molecule is CCc1cccc(C)c1NC(=O)c1cccc(C(=O)Nc2c(F)cccc2F)n1. The van der Waals surface area contributed by atoms with Gasteiger partial charge in [-0.3, -0.25) is 9.59 Å². The molecule has 0 fully saturated rings. The monoisotopic (exact) mass is 395 g/mol. The first-order chi connectivity index (χ1) is 13.9. The minimum atomic E-state index is -0.904. The zero-order valence-electron chi connectivity index (χ0n) is 15.9. The Morgan fingerprint density at radius 1 is 0.828 bits per heavy atom. The Morgan fingerprint density at radius 3 is 1.93 bits per heavy atom. The van der Waals surface area contributed by atoms with E-state index >= 15 is 0 Å². The number of aromatic nitrogens is 1. The van der Waals surface area contributed by atoms with Crippen LogP contribution in [-0.4, -0.2) is 16.8 Å². The number of hydrogen-bond acceptors (Lipinski definition) is 3. The minimum Gasteiger partial charge on any atom is -0.320 e. The highest BCUT2D eigenvalue weighted by Gasteiger charge is 2.17. The summed E-state index contributed by atoms with van der Waals surface area (Å²) in [5.41, 5.74) is 1.88. The number of anilines is 2. The molecule has 0 aliphatic carbocycles. The number of carbonyl (C=O) groups excluding carboxylic acids is 2. The number of aryl methyl sites for hydroxylation is 2. The van der Waals surface area contributed by atoms with Crippen molar-refractivity contribution >= 4 is 23.2 Å². The lowest BCUT2D eigenvalue weighted by Crippen LogP contribution is -2.20. The summed E-state index contributed by atoms with van der Waals surface area (Å²) in [5.74, 6) is -3.12. The van der Waals surface area contributed by atoms with Crippen molar-refractivity contribution in [2.45, 2.75) is 20.3 Å². The zero-order valence-corrected chi connectivity index (χ0v) is 15.9. The van der Waals surface area contributed by atoms with Gasteiger partial charge in [-0.2, -0.15) is 0 Å². The summed E-state index contributed by atoms with van der Waals surface area (Å²) in [6.07, 6.45) is 0.737. The Kier molecular flexibility index (Phi) is 5.97. The second kappa shape index (κ2) is 8.60. The molecule has 0 saturated heterocycles. The van der Waals surface area contributed by atoms with Crippen LogP contribution in [0.15, 0.2) is 54.6 Å². The minimum absolute atomic E-state index is 0.0111. The van der Waals surface area contributed by atoms with E-state index in [2.05, 4.69) is 15.6 Å². The van der Waals surface area contributed by atoms with E-state index in [1.54, 1.807) is 0 Å². The molecule has 2 N–H and O–H groups in total. The third kappa shape index (κ3) is 4.45. The Morgan fingerprint density at radius 2 is 1.34 bits per heavy atom. The normalized spacial score (nSPS) is 10.5. The summed E-state index contributed by atoms with van der Waals surface area (Å²) in [6.45, 7) is 3.87. The molecule has 5 nitrogen and oxygen atoms in total. The molecule has 0 aliphatic rings. The molecule has 29 heavy (non-hydrogen) atoms. The third-order valence-corrected chi connectivity index (χ3v) is 4.39. The number of pyridine rings is 1. The summed E-state index contributed by atoms with van der Waals surface area (Å²) in [6, 6.07) is 13.3. The van der Waals surface area contributed by atoms with Crippen LogP contribution >= 0.6 is 0 Å². The van der Waals surface area contributed by atoms with E-state index < -0.39 is 29.1 Å². The maximum atomic E-state index is 13.7. The second-order valence-corrected chi connectivity index (χ2v) is 6.38. The molecule has 0 radical (unpaired) electrons.